The summed E-state index contributed by atoms with van der Waals surface area (Å²) < 4.78 is 6.03. The van der Waals surface area contributed by atoms with Crippen molar-refractivity contribution in [2.75, 3.05) is 5.73 Å². The van der Waals surface area contributed by atoms with Gasteiger partial charge in [0.05, 0.1) is 9.88 Å². The molecule has 0 amide bonds. The van der Waals surface area contributed by atoms with E-state index in [0.717, 1.165) is 32.1 Å². The Kier molecular flexibility index (Phi) is 6.96. The molecule has 0 aliphatic carbocycles. The summed E-state index contributed by atoms with van der Waals surface area (Å²) in [4.78, 5) is 9.80. The van der Waals surface area contributed by atoms with Gasteiger partial charge in [-0.1, -0.05) is 31.8 Å². The number of thiazole rings is 1. The molecule has 0 atom stereocenters. The number of anilines is 1. The second-order valence-electron chi connectivity index (χ2n) is 8.11. The SMILES string of the molecule is CC(C)c1ncc(-c2cnc(N)c(OCc3cc(C#CC(C)(C)O)ccc3CN)c2)s1. The normalized spacial score (nSPS) is 11.3. The van der Waals surface area contributed by atoms with Crippen molar-refractivity contribution in [2.45, 2.75) is 52.4 Å². The second kappa shape index (κ2) is 9.48. The quantitative estimate of drug-likeness (QED) is 0.503. The predicted octanol–water partition coefficient (Wildman–Crippen LogP) is 4.07. The summed E-state index contributed by atoms with van der Waals surface area (Å²) in [5.74, 6) is 7.01. The zero-order chi connectivity index (χ0) is 22.6. The van der Waals surface area contributed by atoms with Crippen LogP contribution in [0.15, 0.2) is 36.7 Å². The van der Waals surface area contributed by atoms with Crippen LogP contribution in [-0.2, 0) is 13.2 Å². The Balaban J connectivity index is 1.83. The van der Waals surface area contributed by atoms with Gasteiger partial charge in [0, 0.05) is 36.0 Å². The van der Waals surface area contributed by atoms with Crippen LogP contribution in [0.4, 0.5) is 5.82 Å². The van der Waals surface area contributed by atoms with Gasteiger partial charge < -0.3 is 21.3 Å². The average Bonchev–Trinajstić information content (AvgIpc) is 3.22. The summed E-state index contributed by atoms with van der Waals surface area (Å²) in [6.45, 7) is 8.19. The molecule has 3 rings (SSSR count). The highest BCUT2D eigenvalue weighted by atomic mass is 32.1. The van der Waals surface area contributed by atoms with Crippen LogP contribution in [0.3, 0.4) is 0 Å². The van der Waals surface area contributed by atoms with Crippen molar-refractivity contribution in [1.29, 1.82) is 0 Å². The molecular formula is C24H28N4O2S. The van der Waals surface area contributed by atoms with Crippen molar-refractivity contribution in [3.63, 3.8) is 0 Å². The molecule has 1 aromatic carbocycles. The number of hydrogen-bond acceptors (Lipinski definition) is 7. The smallest absolute Gasteiger partial charge is 0.166 e. The van der Waals surface area contributed by atoms with Gasteiger partial charge in [-0.3, -0.25) is 0 Å². The van der Waals surface area contributed by atoms with Crippen LogP contribution in [-0.4, -0.2) is 20.7 Å². The first-order chi connectivity index (χ1) is 14.7. The van der Waals surface area contributed by atoms with E-state index in [9.17, 15) is 5.11 Å². The molecule has 3 aromatic rings. The maximum atomic E-state index is 9.84. The van der Waals surface area contributed by atoms with Gasteiger partial charge in [-0.05, 0) is 43.2 Å². The zero-order valence-corrected chi connectivity index (χ0v) is 19.1. The number of ether oxygens (including phenoxy) is 1. The van der Waals surface area contributed by atoms with Crippen LogP contribution in [0.25, 0.3) is 10.4 Å². The van der Waals surface area contributed by atoms with Gasteiger partial charge >= 0.3 is 0 Å². The van der Waals surface area contributed by atoms with Crippen LogP contribution < -0.4 is 16.2 Å². The first kappa shape index (κ1) is 22.8. The Morgan fingerprint density at radius 1 is 1.16 bits per heavy atom. The molecule has 5 N–H and O–H groups in total. The van der Waals surface area contributed by atoms with Gasteiger partial charge in [0.15, 0.2) is 11.6 Å². The van der Waals surface area contributed by atoms with E-state index in [4.69, 9.17) is 16.2 Å². The molecule has 0 saturated heterocycles. The van der Waals surface area contributed by atoms with E-state index in [-0.39, 0.29) is 6.61 Å². The molecule has 0 aliphatic rings. The largest absolute Gasteiger partial charge is 0.485 e. The lowest BCUT2D eigenvalue weighted by molar-refractivity contribution is 0.143. The van der Waals surface area contributed by atoms with E-state index >= 15 is 0 Å². The molecule has 7 heteroatoms. The fourth-order valence-corrected chi connectivity index (χ4v) is 3.71. The maximum absolute atomic E-state index is 9.84. The highest BCUT2D eigenvalue weighted by Gasteiger charge is 2.12. The topological polar surface area (TPSA) is 107 Å². The van der Waals surface area contributed by atoms with Gasteiger partial charge in [0.25, 0.3) is 0 Å². The van der Waals surface area contributed by atoms with Gasteiger partial charge in [-0.15, -0.1) is 11.3 Å². The molecule has 0 unspecified atom stereocenters. The zero-order valence-electron chi connectivity index (χ0n) is 18.3. The van der Waals surface area contributed by atoms with Gasteiger partial charge in [-0.25, -0.2) is 9.97 Å². The van der Waals surface area contributed by atoms with Crippen LogP contribution in [0.1, 0.15) is 55.3 Å². The van der Waals surface area contributed by atoms with Crippen LogP contribution in [0.2, 0.25) is 0 Å². The lowest BCUT2D eigenvalue weighted by atomic mass is 10.0. The minimum Gasteiger partial charge on any atom is -0.485 e. The van der Waals surface area contributed by atoms with Crippen LogP contribution in [0, 0.1) is 11.8 Å². The van der Waals surface area contributed by atoms with Crippen molar-refractivity contribution in [3.8, 4) is 28.0 Å². The van der Waals surface area contributed by atoms with Gasteiger partial charge in [-0.2, -0.15) is 0 Å². The van der Waals surface area contributed by atoms with E-state index in [1.807, 2.05) is 30.5 Å². The first-order valence-corrected chi connectivity index (χ1v) is 10.9. The highest BCUT2D eigenvalue weighted by Crippen LogP contribution is 2.33. The summed E-state index contributed by atoms with van der Waals surface area (Å²) in [7, 11) is 0. The Labute approximate surface area is 187 Å². The van der Waals surface area contributed by atoms with E-state index < -0.39 is 5.60 Å². The van der Waals surface area contributed by atoms with Crippen molar-refractivity contribution in [1.82, 2.24) is 9.97 Å². The Hall–Kier alpha value is -2.92. The molecule has 0 bridgehead atoms. The number of rotatable bonds is 6. The second-order valence-corrected chi connectivity index (χ2v) is 9.17. The number of benzene rings is 1. The summed E-state index contributed by atoms with van der Waals surface area (Å²) >= 11 is 1.64. The first-order valence-electron chi connectivity index (χ1n) is 10.1. The minimum atomic E-state index is -1.06. The number of nitrogens with zero attached hydrogens (tertiary/aromatic N) is 2. The van der Waals surface area contributed by atoms with Crippen LogP contribution in [0.5, 0.6) is 5.75 Å². The molecule has 0 radical (unpaired) electrons. The van der Waals surface area contributed by atoms with E-state index in [0.29, 0.717) is 24.0 Å². The Bertz CT molecular complexity index is 1120. The van der Waals surface area contributed by atoms with Crippen molar-refractivity contribution in [2.24, 2.45) is 5.73 Å². The van der Waals surface area contributed by atoms with E-state index in [2.05, 4.69) is 35.7 Å². The predicted molar refractivity (Wildman–Crippen MR) is 126 cm³/mol. The molecule has 0 aliphatic heterocycles. The summed E-state index contributed by atoms with van der Waals surface area (Å²) in [5, 5.41) is 10.9. The standard InChI is InChI=1S/C24H28N4O2S/c1-15(2)23-28-13-21(31-23)18-10-20(22(26)27-12-18)30-14-19-9-16(5-6-17(19)11-25)7-8-24(3,4)29/h5-6,9-10,12-13,15,29H,11,14,25H2,1-4H3,(H2,26,27). The Morgan fingerprint density at radius 2 is 1.94 bits per heavy atom. The molecule has 0 saturated carbocycles. The number of nitrogen functional groups attached to an aromatic ring is 1. The molecule has 0 fully saturated rings. The lowest BCUT2D eigenvalue weighted by Crippen LogP contribution is -2.14. The molecule has 162 valence electrons. The molecule has 2 aromatic heterocycles. The maximum Gasteiger partial charge on any atom is 0.166 e. The summed E-state index contributed by atoms with van der Waals surface area (Å²) in [6.07, 6.45) is 3.59. The van der Waals surface area contributed by atoms with Crippen molar-refractivity contribution >= 4 is 17.2 Å². The number of aromatic nitrogens is 2. The third kappa shape index (κ3) is 6.05. The molecule has 2 heterocycles. The third-order valence-corrected chi connectivity index (χ3v) is 5.85. The van der Waals surface area contributed by atoms with Crippen LogP contribution >= 0.6 is 11.3 Å². The number of aliphatic hydroxyl groups is 1. The average molecular weight is 437 g/mol. The van der Waals surface area contributed by atoms with E-state index in [1.165, 1.54) is 0 Å². The molecule has 0 spiro atoms. The monoisotopic (exact) mass is 436 g/mol. The van der Waals surface area contributed by atoms with Crippen molar-refractivity contribution < 1.29 is 9.84 Å². The number of pyridine rings is 1. The highest BCUT2D eigenvalue weighted by molar-refractivity contribution is 7.15. The molecular weight excluding hydrogens is 408 g/mol. The fraction of sp³-hybridized carbons (Fsp3) is 0.333. The third-order valence-electron chi connectivity index (χ3n) is 4.51. The fourth-order valence-electron chi connectivity index (χ4n) is 2.81. The summed E-state index contributed by atoms with van der Waals surface area (Å²) in [6, 6.07) is 7.62. The molecule has 6 nitrogen and oxygen atoms in total. The molecule has 31 heavy (non-hydrogen) atoms. The minimum absolute atomic E-state index is 0.278. The number of hydrogen-bond donors (Lipinski definition) is 3. The number of nitrogens with two attached hydrogens (primary N) is 2. The summed E-state index contributed by atoms with van der Waals surface area (Å²) in [5.41, 5.74) is 14.5. The van der Waals surface area contributed by atoms with Crippen molar-refractivity contribution in [3.05, 3.63) is 58.4 Å². The van der Waals surface area contributed by atoms with Gasteiger partial charge in [0.1, 0.15) is 12.2 Å². The van der Waals surface area contributed by atoms with E-state index in [1.54, 1.807) is 31.4 Å². The van der Waals surface area contributed by atoms with Gasteiger partial charge in [0.2, 0.25) is 0 Å². The Morgan fingerprint density at radius 3 is 2.58 bits per heavy atom. The lowest BCUT2D eigenvalue weighted by Gasteiger charge is -2.13.